The maximum absolute atomic E-state index is 6.61. The van der Waals surface area contributed by atoms with Gasteiger partial charge in [-0.3, -0.25) is 0 Å². The molecule has 1 unspecified atom stereocenters. The molecule has 1 atom stereocenters. The predicted octanol–water partition coefficient (Wildman–Crippen LogP) is 4.36. The number of fused-ring (bicyclic) bond motifs is 1. The maximum Gasteiger partial charge on any atom is 0.127 e. The SMILES string of the molecule is Cc1cc(C)c(C(N)c2cc(Br)cc3c2OCC3)c(C)c1. The number of nitrogens with two attached hydrogens (primary N) is 1. The summed E-state index contributed by atoms with van der Waals surface area (Å²) in [6.07, 6.45) is 0.959. The summed E-state index contributed by atoms with van der Waals surface area (Å²) in [4.78, 5) is 0. The number of ether oxygens (including phenoxy) is 1. The highest BCUT2D eigenvalue weighted by Gasteiger charge is 2.24. The molecule has 21 heavy (non-hydrogen) atoms. The molecule has 0 radical (unpaired) electrons. The molecule has 0 amide bonds. The average molecular weight is 346 g/mol. The maximum atomic E-state index is 6.61. The van der Waals surface area contributed by atoms with Gasteiger partial charge in [-0.15, -0.1) is 0 Å². The van der Waals surface area contributed by atoms with Crippen molar-refractivity contribution >= 4 is 15.9 Å². The van der Waals surface area contributed by atoms with Crippen molar-refractivity contribution in [1.29, 1.82) is 0 Å². The van der Waals surface area contributed by atoms with Crippen LogP contribution in [0.3, 0.4) is 0 Å². The van der Waals surface area contributed by atoms with Gasteiger partial charge in [0.05, 0.1) is 12.6 Å². The van der Waals surface area contributed by atoms with Gasteiger partial charge in [0, 0.05) is 16.5 Å². The fourth-order valence-corrected chi connectivity index (χ4v) is 3.89. The van der Waals surface area contributed by atoms with Crippen molar-refractivity contribution < 1.29 is 4.74 Å². The molecule has 0 spiro atoms. The zero-order valence-electron chi connectivity index (χ0n) is 12.7. The normalized spacial score (nSPS) is 14.7. The Kier molecular flexibility index (Phi) is 3.80. The van der Waals surface area contributed by atoms with Gasteiger partial charge in [-0.2, -0.15) is 0 Å². The molecule has 0 aromatic heterocycles. The quantitative estimate of drug-likeness (QED) is 0.877. The van der Waals surface area contributed by atoms with E-state index in [9.17, 15) is 0 Å². The number of benzene rings is 2. The molecule has 1 aliphatic heterocycles. The van der Waals surface area contributed by atoms with Crippen LogP contribution < -0.4 is 10.5 Å². The van der Waals surface area contributed by atoms with Crippen molar-refractivity contribution in [3.8, 4) is 5.75 Å². The van der Waals surface area contributed by atoms with E-state index in [-0.39, 0.29) is 6.04 Å². The lowest BCUT2D eigenvalue weighted by Crippen LogP contribution is -2.16. The molecular formula is C18H20BrNO. The molecule has 110 valence electrons. The van der Waals surface area contributed by atoms with Crippen LogP contribution in [0.5, 0.6) is 5.75 Å². The van der Waals surface area contributed by atoms with Gasteiger partial charge in [-0.05, 0) is 55.2 Å². The Bertz CT molecular complexity index is 686. The summed E-state index contributed by atoms with van der Waals surface area (Å²) in [5.41, 5.74) is 13.9. The van der Waals surface area contributed by atoms with Gasteiger partial charge in [0.15, 0.2) is 0 Å². The van der Waals surface area contributed by atoms with Gasteiger partial charge in [0.2, 0.25) is 0 Å². The van der Waals surface area contributed by atoms with E-state index in [0.29, 0.717) is 0 Å². The van der Waals surface area contributed by atoms with E-state index in [1.54, 1.807) is 0 Å². The largest absolute Gasteiger partial charge is 0.493 e. The summed E-state index contributed by atoms with van der Waals surface area (Å²) in [6.45, 7) is 7.13. The molecule has 1 heterocycles. The van der Waals surface area contributed by atoms with Crippen LogP contribution in [0.15, 0.2) is 28.7 Å². The Hall–Kier alpha value is -1.32. The standard InChI is InChI=1S/C18H20BrNO/c1-10-6-11(2)16(12(3)7-10)17(20)15-9-14(19)8-13-4-5-21-18(13)15/h6-9,17H,4-5,20H2,1-3H3. The van der Waals surface area contributed by atoms with Gasteiger partial charge in [-0.25, -0.2) is 0 Å². The number of hydrogen-bond donors (Lipinski definition) is 1. The zero-order chi connectivity index (χ0) is 15.1. The molecule has 0 bridgehead atoms. The van der Waals surface area contributed by atoms with Crippen LogP contribution in [-0.2, 0) is 6.42 Å². The van der Waals surface area contributed by atoms with E-state index < -0.39 is 0 Å². The zero-order valence-corrected chi connectivity index (χ0v) is 14.3. The van der Waals surface area contributed by atoms with E-state index in [1.165, 1.54) is 27.8 Å². The molecule has 1 aliphatic rings. The van der Waals surface area contributed by atoms with Crippen molar-refractivity contribution in [1.82, 2.24) is 0 Å². The van der Waals surface area contributed by atoms with Crippen LogP contribution in [0.1, 0.15) is 39.4 Å². The van der Waals surface area contributed by atoms with Crippen molar-refractivity contribution in [3.63, 3.8) is 0 Å². The predicted molar refractivity (Wildman–Crippen MR) is 90.0 cm³/mol. The molecule has 3 rings (SSSR count). The van der Waals surface area contributed by atoms with E-state index in [1.807, 2.05) is 0 Å². The Morgan fingerprint density at radius 3 is 2.43 bits per heavy atom. The van der Waals surface area contributed by atoms with Crippen LogP contribution in [0, 0.1) is 20.8 Å². The number of halogens is 1. The Morgan fingerprint density at radius 1 is 1.10 bits per heavy atom. The molecule has 0 saturated carbocycles. The first kappa shape index (κ1) is 14.6. The molecule has 2 N–H and O–H groups in total. The highest BCUT2D eigenvalue weighted by Crippen LogP contribution is 2.39. The first-order chi connectivity index (χ1) is 9.97. The fourth-order valence-electron chi connectivity index (χ4n) is 3.37. The highest BCUT2D eigenvalue weighted by atomic mass is 79.9. The lowest BCUT2D eigenvalue weighted by molar-refractivity contribution is 0.352. The lowest BCUT2D eigenvalue weighted by Gasteiger charge is -2.21. The van der Waals surface area contributed by atoms with Crippen LogP contribution in [-0.4, -0.2) is 6.61 Å². The van der Waals surface area contributed by atoms with Gasteiger partial charge in [0.25, 0.3) is 0 Å². The molecule has 0 aliphatic carbocycles. The average Bonchev–Trinajstić information content (AvgIpc) is 2.84. The van der Waals surface area contributed by atoms with Crippen molar-refractivity contribution in [3.05, 3.63) is 62.1 Å². The second-order valence-corrected chi connectivity index (χ2v) is 6.79. The van der Waals surface area contributed by atoms with Gasteiger partial charge in [-0.1, -0.05) is 33.6 Å². The fraction of sp³-hybridized carbons (Fsp3) is 0.333. The van der Waals surface area contributed by atoms with E-state index in [4.69, 9.17) is 10.5 Å². The van der Waals surface area contributed by atoms with Gasteiger partial charge < -0.3 is 10.5 Å². The van der Waals surface area contributed by atoms with E-state index >= 15 is 0 Å². The number of hydrogen-bond acceptors (Lipinski definition) is 2. The molecule has 3 heteroatoms. The summed E-state index contributed by atoms with van der Waals surface area (Å²) < 4.78 is 6.90. The summed E-state index contributed by atoms with van der Waals surface area (Å²) in [6, 6.07) is 8.46. The minimum Gasteiger partial charge on any atom is -0.493 e. The van der Waals surface area contributed by atoms with Gasteiger partial charge in [0.1, 0.15) is 5.75 Å². The second-order valence-electron chi connectivity index (χ2n) is 5.87. The van der Waals surface area contributed by atoms with Crippen LogP contribution in [0.2, 0.25) is 0 Å². The monoisotopic (exact) mass is 345 g/mol. The molecule has 0 saturated heterocycles. The van der Waals surface area contributed by atoms with E-state index in [0.717, 1.165) is 28.8 Å². The molecule has 0 fully saturated rings. The first-order valence-electron chi connectivity index (χ1n) is 7.26. The summed E-state index contributed by atoms with van der Waals surface area (Å²) in [5, 5.41) is 0. The molecule has 2 aromatic carbocycles. The van der Waals surface area contributed by atoms with Crippen LogP contribution in [0.25, 0.3) is 0 Å². The lowest BCUT2D eigenvalue weighted by atomic mass is 9.89. The van der Waals surface area contributed by atoms with Crippen molar-refractivity contribution in [2.75, 3.05) is 6.61 Å². The third kappa shape index (κ3) is 2.60. The van der Waals surface area contributed by atoms with E-state index in [2.05, 4.69) is 61.0 Å². The molecular weight excluding hydrogens is 326 g/mol. The van der Waals surface area contributed by atoms with Crippen molar-refractivity contribution in [2.45, 2.75) is 33.2 Å². The Balaban J connectivity index is 2.14. The highest BCUT2D eigenvalue weighted by molar-refractivity contribution is 9.10. The molecule has 2 aromatic rings. The smallest absolute Gasteiger partial charge is 0.127 e. The minimum absolute atomic E-state index is 0.157. The van der Waals surface area contributed by atoms with Gasteiger partial charge >= 0.3 is 0 Å². The number of aryl methyl sites for hydroxylation is 3. The number of rotatable bonds is 2. The van der Waals surface area contributed by atoms with Crippen molar-refractivity contribution in [2.24, 2.45) is 5.73 Å². The third-order valence-electron chi connectivity index (χ3n) is 4.16. The summed E-state index contributed by atoms with van der Waals surface area (Å²) in [7, 11) is 0. The third-order valence-corrected chi connectivity index (χ3v) is 4.62. The Morgan fingerprint density at radius 2 is 1.76 bits per heavy atom. The summed E-state index contributed by atoms with van der Waals surface area (Å²) in [5.74, 6) is 0.977. The summed E-state index contributed by atoms with van der Waals surface area (Å²) >= 11 is 3.59. The minimum atomic E-state index is -0.157. The first-order valence-corrected chi connectivity index (χ1v) is 8.05. The topological polar surface area (TPSA) is 35.2 Å². The van der Waals surface area contributed by atoms with Crippen LogP contribution in [0.4, 0.5) is 0 Å². The Labute approximate surface area is 134 Å². The molecule has 2 nitrogen and oxygen atoms in total. The second kappa shape index (κ2) is 5.47. The van der Waals surface area contributed by atoms with Crippen LogP contribution >= 0.6 is 15.9 Å².